The highest BCUT2D eigenvalue weighted by Gasteiger charge is 2.49. The third-order valence-corrected chi connectivity index (χ3v) is 2.95. The van der Waals surface area contributed by atoms with Gasteiger partial charge in [-0.3, -0.25) is 15.6 Å². The molecule has 0 saturated carbocycles. The van der Waals surface area contributed by atoms with E-state index in [0.29, 0.717) is 0 Å². The number of ketones is 1. The maximum absolute atomic E-state index is 11.8. The first kappa shape index (κ1) is 12.9. The van der Waals surface area contributed by atoms with Crippen molar-refractivity contribution in [2.75, 3.05) is 6.61 Å². The van der Waals surface area contributed by atoms with Crippen LogP contribution in [0.2, 0.25) is 0 Å². The quantitative estimate of drug-likeness (QED) is 0.224. The number of nitrogens with two attached hydrogens (primary N) is 1. The highest BCUT2D eigenvalue weighted by molar-refractivity contribution is 6.48. The Hall–Kier alpha value is -1.55. The summed E-state index contributed by atoms with van der Waals surface area (Å²) in [7, 11) is 0. The van der Waals surface area contributed by atoms with Crippen molar-refractivity contribution in [3.05, 3.63) is 0 Å². The number of rotatable bonds is 3. The number of hydrogen-bond acceptors (Lipinski definition) is 8. The van der Waals surface area contributed by atoms with Gasteiger partial charge in [-0.05, 0) is 0 Å². The fourth-order valence-electron chi connectivity index (χ4n) is 1.94. The second-order valence-electron chi connectivity index (χ2n) is 4.14. The Morgan fingerprint density at radius 3 is 2.61 bits per heavy atom. The largest absolute Gasteiger partial charge is 0.394 e. The number of Topliss-reactive ketones (excluding diaryl/α,β-unsaturated/α-hetero) is 1. The van der Waals surface area contributed by atoms with Crippen molar-refractivity contribution in [3.8, 4) is 0 Å². The van der Waals surface area contributed by atoms with Gasteiger partial charge in [-0.15, -0.1) is 0 Å². The molecular formula is C9H14N4O5. The Labute approximate surface area is 102 Å². The molecule has 0 aliphatic carbocycles. The summed E-state index contributed by atoms with van der Waals surface area (Å²) in [5, 5.41) is 39.1. The minimum Gasteiger partial charge on any atom is -0.394 e. The molecule has 9 heteroatoms. The number of carbonyl (C=O) groups is 1. The normalized spacial score (nSPS) is 39.6. The molecule has 18 heavy (non-hydrogen) atoms. The maximum Gasteiger partial charge on any atom is 0.213 e. The molecule has 0 aromatic heterocycles. The number of aliphatic hydroxyl groups is 3. The van der Waals surface area contributed by atoms with E-state index in [1.54, 1.807) is 0 Å². The summed E-state index contributed by atoms with van der Waals surface area (Å²) < 4.78 is 5.16. The van der Waals surface area contributed by atoms with Gasteiger partial charge in [-0.25, -0.2) is 0 Å². The summed E-state index contributed by atoms with van der Waals surface area (Å²) in [5.41, 5.74) is 7.41. The number of ether oxygens (including phenoxy) is 1. The number of hydrogen-bond donors (Lipinski definition) is 6. The van der Waals surface area contributed by atoms with Gasteiger partial charge >= 0.3 is 0 Å². The van der Waals surface area contributed by atoms with Crippen LogP contribution in [0.3, 0.4) is 0 Å². The Bertz CT molecular complexity index is 412. The van der Waals surface area contributed by atoms with E-state index in [4.69, 9.17) is 21.0 Å². The van der Waals surface area contributed by atoms with Gasteiger partial charge in [0.1, 0.15) is 36.0 Å². The van der Waals surface area contributed by atoms with Crippen molar-refractivity contribution in [2.24, 2.45) is 10.8 Å². The molecule has 1 fully saturated rings. The van der Waals surface area contributed by atoms with Gasteiger partial charge in [0, 0.05) is 0 Å². The molecule has 2 heterocycles. The minimum atomic E-state index is -1.36. The van der Waals surface area contributed by atoms with Crippen LogP contribution in [0.5, 0.6) is 0 Å². The number of amidine groups is 1. The third kappa shape index (κ3) is 1.86. The number of carbonyl (C=O) groups excluding carboxylic acids is 1. The summed E-state index contributed by atoms with van der Waals surface area (Å²) in [6.07, 6.45) is -4.78. The number of nitrogens with zero attached hydrogens (tertiary/aromatic N) is 1. The van der Waals surface area contributed by atoms with E-state index < -0.39 is 48.7 Å². The van der Waals surface area contributed by atoms with Gasteiger partial charge in [0.25, 0.3) is 0 Å². The fraction of sp³-hybridized carbons (Fsp3) is 0.667. The van der Waals surface area contributed by atoms with Crippen LogP contribution in [0.15, 0.2) is 5.10 Å². The molecule has 0 aromatic rings. The van der Waals surface area contributed by atoms with Gasteiger partial charge in [-0.2, -0.15) is 5.10 Å². The van der Waals surface area contributed by atoms with Crippen LogP contribution in [-0.2, 0) is 9.53 Å². The molecule has 0 radical (unpaired) electrons. The van der Waals surface area contributed by atoms with Crippen molar-refractivity contribution >= 4 is 17.3 Å². The van der Waals surface area contributed by atoms with Crippen molar-refractivity contribution in [2.45, 2.75) is 30.5 Å². The molecule has 5 atom stereocenters. The van der Waals surface area contributed by atoms with E-state index in [1.807, 2.05) is 0 Å². The van der Waals surface area contributed by atoms with Gasteiger partial charge < -0.3 is 25.8 Å². The SMILES string of the molecule is N=C(N)C1NN=C([C@@H]2O[C@H](CO)[C@@H](O)[C@H]2O)C1=O. The lowest BCUT2D eigenvalue weighted by atomic mass is 9.99. The summed E-state index contributed by atoms with van der Waals surface area (Å²) in [5.74, 6) is -0.983. The van der Waals surface area contributed by atoms with Crippen molar-refractivity contribution < 1.29 is 24.9 Å². The van der Waals surface area contributed by atoms with Crippen LogP contribution in [0, 0.1) is 5.41 Å². The average Bonchev–Trinajstić information content (AvgIpc) is 2.82. The van der Waals surface area contributed by atoms with Crippen LogP contribution >= 0.6 is 0 Å². The average molecular weight is 258 g/mol. The molecule has 0 spiro atoms. The molecular weight excluding hydrogens is 244 g/mol. The van der Waals surface area contributed by atoms with E-state index in [9.17, 15) is 15.0 Å². The van der Waals surface area contributed by atoms with E-state index in [1.165, 1.54) is 0 Å². The van der Waals surface area contributed by atoms with E-state index >= 15 is 0 Å². The molecule has 7 N–H and O–H groups in total. The van der Waals surface area contributed by atoms with E-state index in [-0.39, 0.29) is 5.71 Å². The zero-order valence-corrected chi connectivity index (χ0v) is 9.28. The Morgan fingerprint density at radius 1 is 1.50 bits per heavy atom. The second-order valence-corrected chi connectivity index (χ2v) is 4.14. The molecule has 1 unspecified atom stereocenters. The Morgan fingerprint density at radius 2 is 2.17 bits per heavy atom. The molecule has 1 saturated heterocycles. The molecule has 0 amide bonds. The minimum absolute atomic E-state index is 0.141. The van der Waals surface area contributed by atoms with Crippen LogP contribution in [0.25, 0.3) is 0 Å². The number of hydrazone groups is 1. The smallest absolute Gasteiger partial charge is 0.213 e. The maximum atomic E-state index is 11.8. The van der Waals surface area contributed by atoms with Crippen molar-refractivity contribution in [1.82, 2.24) is 5.43 Å². The summed E-state index contributed by atoms with van der Waals surface area (Å²) in [4.78, 5) is 11.8. The lowest BCUT2D eigenvalue weighted by molar-refractivity contribution is -0.113. The molecule has 2 rings (SSSR count). The van der Waals surface area contributed by atoms with Gasteiger partial charge in [0.15, 0.2) is 6.04 Å². The van der Waals surface area contributed by atoms with E-state index in [2.05, 4.69) is 10.5 Å². The third-order valence-electron chi connectivity index (χ3n) is 2.95. The van der Waals surface area contributed by atoms with Gasteiger partial charge in [-0.1, -0.05) is 0 Å². The molecule has 9 nitrogen and oxygen atoms in total. The number of aliphatic hydroxyl groups excluding tert-OH is 3. The lowest BCUT2D eigenvalue weighted by Gasteiger charge is -2.13. The number of nitrogens with one attached hydrogen (secondary N) is 2. The van der Waals surface area contributed by atoms with Crippen LogP contribution in [0.1, 0.15) is 0 Å². The molecule has 0 bridgehead atoms. The predicted octanol–water partition coefficient (Wildman–Crippen LogP) is -3.70. The molecule has 2 aliphatic rings. The molecule has 0 aromatic carbocycles. The van der Waals surface area contributed by atoms with Crippen LogP contribution in [-0.4, -0.2) is 69.7 Å². The highest BCUT2D eigenvalue weighted by atomic mass is 16.6. The van der Waals surface area contributed by atoms with Crippen molar-refractivity contribution in [1.29, 1.82) is 5.41 Å². The van der Waals surface area contributed by atoms with Crippen LogP contribution < -0.4 is 11.2 Å². The zero-order valence-electron chi connectivity index (χ0n) is 9.28. The van der Waals surface area contributed by atoms with Crippen LogP contribution in [0.4, 0.5) is 0 Å². The summed E-state index contributed by atoms with van der Waals surface area (Å²) >= 11 is 0. The highest BCUT2D eigenvalue weighted by Crippen LogP contribution is 2.24. The summed E-state index contributed by atoms with van der Waals surface area (Å²) in [6, 6.07) is -1.07. The zero-order chi connectivity index (χ0) is 13.4. The second kappa shape index (κ2) is 4.61. The Balaban J connectivity index is 2.15. The monoisotopic (exact) mass is 258 g/mol. The Kier molecular flexibility index (Phi) is 3.30. The first-order valence-electron chi connectivity index (χ1n) is 5.31. The lowest BCUT2D eigenvalue weighted by Crippen LogP contribution is -2.45. The topological polar surface area (TPSA) is 161 Å². The first-order valence-corrected chi connectivity index (χ1v) is 5.31. The fourth-order valence-corrected chi connectivity index (χ4v) is 1.94. The molecule has 2 aliphatic heterocycles. The van der Waals surface area contributed by atoms with Gasteiger partial charge in [0.05, 0.1) is 6.61 Å². The van der Waals surface area contributed by atoms with E-state index in [0.717, 1.165) is 0 Å². The van der Waals surface area contributed by atoms with Gasteiger partial charge in [0.2, 0.25) is 5.78 Å². The standard InChI is InChI=1S/C9H14N4O5/c10-9(11)4-6(16)3(12-13-4)8-7(17)5(15)2(1-14)18-8/h2,4-5,7-8,13-15,17H,1H2,(H3,10,11)/t2-,4?,5-,7-,8+/m1/s1. The predicted molar refractivity (Wildman–Crippen MR) is 59.0 cm³/mol. The van der Waals surface area contributed by atoms with Crippen molar-refractivity contribution in [3.63, 3.8) is 0 Å². The molecule has 100 valence electrons. The summed E-state index contributed by atoms with van der Waals surface area (Å²) in [6.45, 7) is -0.486. The first-order chi connectivity index (χ1) is 8.47.